The molecule has 3 heterocycles. The quantitative estimate of drug-likeness (QED) is 0.894. The van der Waals surface area contributed by atoms with Crippen molar-refractivity contribution in [1.82, 2.24) is 9.80 Å². The molecule has 3 fully saturated rings. The van der Waals surface area contributed by atoms with Crippen LogP contribution < -0.4 is 4.74 Å². The summed E-state index contributed by atoms with van der Waals surface area (Å²) in [7, 11) is 0. The second-order valence-electron chi connectivity index (χ2n) is 6.67. The van der Waals surface area contributed by atoms with Crippen LogP contribution in [0.15, 0.2) is 24.3 Å². The maximum absolute atomic E-state index is 11.7. The van der Waals surface area contributed by atoms with E-state index in [-0.39, 0.29) is 12.5 Å². The van der Waals surface area contributed by atoms with E-state index < -0.39 is 0 Å². The van der Waals surface area contributed by atoms with E-state index in [1.165, 1.54) is 18.4 Å². The fourth-order valence-electron chi connectivity index (χ4n) is 3.72. The molecule has 2 bridgehead atoms. The molecule has 5 heteroatoms. The number of amides is 1. The predicted octanol–water partition coefficient (Wildman–Crippen LogP) is 1.50. The van der Waals surface area contributed by atoms with Crippen LogP contribution in [0.3, 0.4) is 0 Å². The third kappa shape index (κ3) is 4.03. The number of benzene rings is 1. The van der Waals surface area contributed by atoms with Gasteiger partial charge in [0.25, 0.3) is 0 Å². The topological polar surface area (TPSA) is 53.0 Å². The Bertz CT molecular complexity index is 532. The molecule has 0 unspecified atom stereocenters. The Morgan fingerprint density at radius 1 is 1.22 bits per heavy atom. The molecule has 0 radical (unpaired) electrons. The molecule has 4 rings (SSSR count). The largest absolute Gasteiger partial charge is 0.491 e. The summed E-state index contributed by atoms with van der Waals surface area (Å²) in [5.41, 5.74) is 1.27. The zero-order valence-corrected chi connectivity index (χ0v) is 13.8. The Balaban J connectivity index is 1.62. The van der Waals surface area contributed by atoms with E-state index in [1.807, 2.05) is 17.0 Å². The van der Waals surface area contributed by atoms with Gasteiger partial charge in [0.15, 0.2) is 0 Å². The maximum Gasteiger partial charge on any atom is 0.219 e. The normalized spacial score (nSPS) is 24.5. The summed E-state index contributed by atoms with van der Waals surface area (Å²) in [4.78, 5) is 16.3. The van der Waals surface area contributed by atoms with Gasteiger partial charge in [-0.2, -0.15) is 0 Å². The average molecular weight is 318 g/mol. The highest BCUT2D eigenvalue weighted by Gasteiger charge is 2.35. The predicted molar refractivity (Wildman–Crippen MR) is 88.2 cm³/mol. The Labute approximate surface area is 137 Å². The molecule has 3 saturated heterocycles. The summed E-state index contributed by atoms with van der Waals surface area (Å²) in [6, 6.07) is 8.58. The molecule has 1 amide bonds. The minimum atomic E-state index is 0.0330. The summed E-state index contributed by atoms with van der Waals surface area (Å²) in [5.74, 6) is 1.60. The SMILES string of the molecule is CC(=O)N1C[C@@H]2CC[C@H](C1)N(Cc1ccc(OCCO)cc1)C2. The van der Waals surface area contributed by atoms with Gasteiger partial charge in [-0.1, -0.05) is 12.1 Å². The molecule has 1 N–H and O–H groups in total. The molecule has 0 aliphatic carbocycles. The van der Waals surface area contributed by atoms with Gasteiger partial charge >= 0.3 is 0 Å². The van der Waals surface area contributed by atoms with Gasteiger partial charge in [-0.15, -0.1) is 0 Å². The first kappa shape index (κ1) is 16.3. The number of rotatable bonds is 5. The standard InChI is InChI=1S/C18H26N2O3/c1-14(22)19-11-16-2-5-17(13-19)20(12-16)10-15-3-6-18(7-4-15)23-9-8-21/h3-4,6-7,16-17,21H,2,5,8-13H2,1H3/t16-,17+/m0/s1. The molecule has 0 aromatic heterocycles. The Kier molecular flexibility index (Phi) is 5.18. The average Bonchev–Trinajstić information content (AvgIpc) is 2.86. The van der Waals surface area contributed by atoms with E-state index >= 15 is 0 Å². The second kappa shape index (κ2) is 7.32. The van der Waals surface area contributed by atoms with Crippen LogP contribution in [0.4, 0.5) is 0 Å². The first-order valence-electron chi connectivity index (χ1n) is 8.48. The van der Waals surface area contributed by atoms with Crippen LogP contribution in [0.25, 0.3) is 0 Å². The highest BCUT2D eigenvalue weighted by atomic mass is 16.5. The zero-order chi connectivity index (χ0) is 16.2. The number of aliphatic hydroxyl groups excluding tert-OH is 1. The van der Waals surface area contributed by atoms with Crippen molar-refractivity contribution in [3.05, 3.63) is 29.8 Å². The van der Waals surface area contributed by atoms with Crippen LogP contribution in [0.1, 0.15) is 25.3 Å². The van der Waals surface area contributed by atoms with Crippen molar-refractivity contribution >= 4 is 5.91 Å². The minimum absolute atomic E-state index is 0.0330. The summed E-state index contributed by atoms with van der Waals surface area (Å²) >= 11 is 0. The maximum atomic E-state index is 11.7. The van der Waals surface area contributed by atoms with Gasteiger partial charge in [0.1, 0.15) is 12.4 Å². The smallest absolute Gasteiger partial charge is 0.219 e. The van der Waals surface area contributed by atoms with Crippen LogP contribution in [-0.4, -0.2) is 59.7 Å². The Morgan fingerprint density at radius 3 is 2.70 bits per heavy atom. The first-order valence-corrected chi connectivity index (χ1v) is 8.48. The van der Waals surface area contributed by atoms with Crippen LogP contribution in [0.5, 0.6) is 5.75 Å². The molecule has 5 nitrogen and oxygen atoms in total. The molecule has 3 aliphatic rings. The molecule has 0 spiro atoms. The molecule has 0 saturated carbocycles. The van der Waals surface area contributed by atoms with E-state index in [0.717, 1.165) is 31.9 Å². The number of carbonyl (C=O) groups excluding carboxylic acids is 1. The number of piperidine rings is 1. The highest BCUT2D eigenvalue weighted by Crippen LogP contribution is 2.29. The number of ether oxygens (including phenoxy) is 1. The van der Waals surface area contributed by atoms with Crippen molar-refractivity contribution in [1.29, 1.82) is 0 Å². The Hall–Kier alpha value is -1.59. The van der Waals surface area contributed by atoms with Gasteiger partial charge < -0.3 is 14.7 Å². The van der Waals surface area contributed by atoms with Gasteiger partial charge in [-0.05, 0) is 36.5 Å². The van der Waals surface area contributed by atoms with E-state index in [4.69, 9.17) is 9.84 Å². The Morgan fingerprint density at radius 2 is 2.00 bits per heavy atom. The van der Waals surface area contributed by atoms with E-state index in [1.54, 1.807) is 6.92 Å². The van der Waals surface area contributed by atoms with Gasteiger partial charge in [0.2, 0.25) is 5.91 Å². The van der Waals surface area contributed by atoms with Crippen molar-refractivity contribution in [2.75, 3.05) is 32.8 Å². The molecule has 23 heavy (non-hydrogen) atoms. The first-order chi connectivity index (χ1) is 11.2. The molecule has 3 aliphatic heterocycles. The number of hydrogen-bond acceptors (Lipinski definition) is 4. The number of fused-ring (bicyclic) bond motifs is 4. The molecular formula is C18H26N2O3. The van der Waals surface area contributed by atoms with Gasteiger partial charge in [0, 0.05) is 39.1 Å². The molecule has 2 atom stereocenters. The van der Waals surface area contributed by atoms with Gasteiger partial charge in [0.05, 0.1) is 6.61 Å². The van der Waals surface area contributed by atoms with Crippen molar-refractivity contribution in [2.24, 2.45) is 5.92 Å². The molecular weight excluding hydrogens is 292 g/mol. The van der Waals surface area contributed by atoms with E-state index in [9.17, 15) is 4.79 Å². The summed E-state index contributed by atoms with van der Waals surface area (Å²) in [6.07, 6.45) is 2.42. The fraction of sp³-hybridized carbons (Fsp3) is 0.611. The molecule has 1 aromatic carbocycles. The number of hydrogen-bond donors (Lipinski definition) is 1. The third-order valence-electron chi connectivity index (χ3n) is 4.94. The van der Waals surface area contributed by atoms with Crippen molar-refractivity contribution in [3.8, 4) is 5.75 Å². The number of carbonyl (C=O) groups is 1. The lowest BCUT2D eigenvalue weighted by Gasteiger charge is -2.36. The van der Waals surface area contributed by atoms with Crippen molar-refractivity contribution < 1.29 is 14.6 Å². The van der Waals surface area contributed by atoms with Gasteiger partial charge in [-0.25, -0.2) is 0 Å². The lowest BCUT2D eigenvalue weighted by atomic mass is 9.94. The van der Waals surface area contributed by atoms with Crippen LogP contribution in [0, 0.1) is 5.92 Å². The number of nitrogens with zero attached hydrogens (tertiary/aromatic N) is 2. The van der Waals surface area contributed by atoms with E-state index in [0.29, 0.717) is 18.6 Å². The highest BCUT2D eigenvalue weighted by molar-refractivity contribution is 5.73. The summed E-state index contributed by atoms with van der Waals surface area (Å²) in [6.45, 7) is 5.83. The van der Waals surface area contributed by atoms with E-state index in [2.05, 4.69) is 17.0 Å². The monoisotopic (exact) mass is 318 g/mol. The van der Waals surface area contributed by atoms with Crippen molar-refractivity contribution in [2.45, 2.75) is 32.4 Å². The summed E-state index contributed by atoms with van der Waals surface area (Å²) in [5, 5.41) is 8.79. The van der Waals surface area contributed by atoms with Crippen LogP contribution >= 0.6 is 0 Å². The third-order valence-corrected chi connectivity index (χ3v) is 4.94. The zero-order valence-electron chi connectivity index (χ0n) is 13.8. The minimum Gasteiger partial charge on any atom is -0.491 e. The van der Waals surface area contributed by atoms with Gasteiger partial charge in [-0.3, -0.25) is 9.69 Å². The second-order valence-corrected chi connectivity index (χ2v) is 6.67. The fourth-order valence-corrected chi connectivity index (χ4v) is 3.72. The lowest BCUT2D eigenvalue weighted by molar-refractivity contribution is -0.129. The molecule has 1 aromatic rings. The van der Waals surface area contributed by atoms with Crippen molar-refractivity contribution in [3.63, 3.8) is 0 Å². The summed E-state index contributed by atoms with van der Waals surface area (Å²) < 4.78 is 5.40. The molecule has 126 valence electrons. The van der Waals surface area contributed by atoms with Crippen LogP contribution in [-0.2, 0) is 11.3 Å². The number of aliphatic hydroxyl groups is 1. The van der Waals surface area contributed by atoms with Crippen LogP contribution in [0.2, 0.25) is 0 Å². The lowest BCUT2D eigenvalue weighted by Crippen LogP contribution is -2.43.